The number of rotatable bonds is 14. The molecule has 5 rings (SSSR count). The minimum absolute atomic E-state index is 0.0232. The van der Waals surface area contributed by atoms with Gasteiger partial charge in [-0.25, -0.2) is 4.98 Å². The lowest BCUT2D eigenvalue weighted by Crippen LogP contribution is -2.63. The number of carbonyl (C=O) groups excluding carboxylic acids is 2. The number of cyclic esters (lactones) is 1. The predicted molar refractivity (Wildman–Crippen MR) is 254 cm³/mol. The van der Waals surface area contributed by atoms with Gasteiger partial charge in [-0.05, 0) is 71.8 Å². The number of methoxy groups -OCH3 is 2. The van der Waals surface area contributed by atoms with Gasteiger partial charge in [0.2, 0.25) is 0 Å². The number of ether oxygens (including phenoxy) is 9. The van der Waals surface area contributed by atoms with Crippen molar-refractivity contribution in [2.75, 3.05) is 80.4 Å². The van der Waals surface area contributed by atoms with Crippen molar-refractivity contribution >= 4 is 29.4 Å². The molecule has 1 aromatic heterocycles. The summed E-state index contributed by atoms with van der Waals surface area (Å²) in [6, 6.07) is 2.96. The van der Waals surface area contributed by atoms with Crippen molar-refractivity contribution in [2.45, 2.75) is 127 Å². The number of nitrogens with two attached hydrogens (primary N) is 1. The number of likely N-dealkylation sites (N-methyl/N-ethyl adjacent to an activating group) is 1. The van der Waals surface area contributed by atoms with Gasteiger partial charge in [-0.15, -0.1) is 0 Å². The Bertz CT molecular complexity index is 1890. The maximum atomic E-state index is 14.1. The van der Waals surface area contributed by atoms with E-state index in [0.717, 1.165) is 11.1 Å². The molecule has 0 radical (unpaired) electrons. The zero-order chi connectivity index (χ0) is 50.2. The third kappa shape index (κ3) is 16.1. The van der Waals surface area contributed by atoms with Crippen LogP contribution in [-0.4, -0.2) is 191 Å². The number of hydrogen-bond acceptors (Lipinski definition) is 20. The van der Waals surface area contributed by atoms with Crippen molar-refractivity contribution in [1.82, 2.24) is 15.2 Å². The largest absolute Gasteiger partial charge is 0.465 e. The third-order valence-corrected chi connectivity index (χ3v) is 13.2. The Morgan fingerprint density at radius 3 is 2.43 bits per heavy atom. The quantitative estimate of drug-likeness (QED) is 0.0776. The average Bonchev–Trinajstić information content (AvgIpc) is 3.34. The summed E-state index contributed by atoms with van der Waals surface area (Å²) < 4.78 is 55.2. The van der Waals surface area contributed by atoms with E-state index in [1.54, 1.807) is 57.3 Å². The van der Waals surface area contributed by atoms with E-state index in [-0.39, 0.29) is 57.9 Å². The molecule has 16 atom stereocenters. The molecule has 388 valence electrons. The predicted octanol–water partition coefficient (Wildman–Crippen LogP) is 2.25. The smallest absolute Gasteiger partial charge is 0.308 e. The van der Waals surface area contributed by atoms with Gasteiger partial charge in [-0.2, -0.15) is 0 Å². The number of fused-ring (bicyclic) bond motifs is 3. The van der Waals surface area contributed by atoms with Crippen LogP contribution in [0.4, 0.5) is 5.82 Å². The first kappa shape index (κ1) is 56.2. The Kier molecular flexibility index (Phi) is 22.6. The van der Waals surface area contributed by atoms with Gasteiger partial charge in [0.1, 0.15) is 35.9 Å². The van der Waals surface area contributed by atoms with E-state index < -0.39 is 97.3 Å². The molecule has 5 heterocycles. The van der Waals surface area contributed by atoms with Crippen LogP contribution in [0.5, 0.6) is 0 Å². The number of ketones is 1. The second-order valence-electron chi connectivity index (χ2n) is 18.7. The van der Waals surface area contributed by atoms with E-state index in [1.165, 1.54) is 14.2 Å². The highest BCUT2D eigenvalue weighted by molar-refractivity contribution is 5.91. The fraction of sp³-hybridized carbons (Fsp3) is 0.714. The summed E-state index contributed by atoms with van der Waals surface area (Å²) in [5.41, 5.74) is 7.89. The summed E-state index contributed by atoms with van der Waals surface area (Å²) in [4.78, 5) is 39.5. The number of aliphatic hydroxyl groups is 3. The summed E-state index contributed by atoms with van der Waals surface area (Å²) in [6.45, 7) is 9.70. The molecule has 0 aromatic carbocycles. The number of aromatic nitrogens is 1. The Hall–Kier alpha value is -3.74. The van der Waals surface area contributed by atoms with Gasteiger partial charge in [0.25, 0.3) is 0 Å². The molecule has 69 heavy (non-hydrogen) atoms. The Morgan fingerprint density at radius 2 is 1.71 bits per heavy atom. The third-order valence-electron chi connectivity index (χ3n) is 13.2. The van der Waals surface area contributed by atoms with Crippen LogP contribution in [0.25, 0.3) is 6.08 Å². The number of esters is 1. The van der Waals surface area contributed by atoms with Crippen molar-refractivity contribution in [3.63, 3.8) is 0 Å². The van der Waals surface area contributed by atoms with Crippen molar-refractivity contribution in [1.29, 1.82) is 0 Å². The topological polar surface area (TPSA) is 254 Å². The number of oxime groups is 1. The summed E-state index contributed by atoms with van der Waals surface area (Å²) in [7, 11) is 6.49. The van der Waals surface area contributed by atoms with Crippen LogP contribution in [0, 0.1) is 23.7 Å². The Morgan fingerprint density at radius 1 is 0.971 bits per heavy atom. The highest BCUT2D eigenvalue weighted by Crippen LogP contribution is 2.36. The van der Waals surface area contributed by atoms with Crippen LogP contribution >= 0.6 is 0 Å². The van der Waals surface area contributed by atoms with Crippen molar-refractivity contribution in [2.24, 2.45) is 28.8 Å². The van der Waals surface area contributed by atoms with Gasteiger partial charge in [-0.1, -0.05) is 48.9 Å². The molecule has 4 aliphatic heterocycles. The molecule has 3 saturated heterocycles. The molecule has 4 aliphatic rings. The van der Waals surface area contributed by atoms with Crippen LogP contribution in [0.3, 0.4) is 0 Å². The SMILES string of the molecule is CO[C@@H]1[C@H](O)[C@@H](C)O[C@@H](OC[C@H]2/C=C(C)/C=C/C(=O)[C@H](C)CC3CCOC/C(=N\OCNC/C=C/c4cccnc4N)CO[C@H](CC(=O)OC2)[C@H](C)[C@H]3O[C@@H]2O[C@H](C)[C@@H](O)[C@H](N(C)C)[C@H]2O)[C@@H]1OC. The van der Waals surface area contributed by atoms with Crippen LogP contribution in [0.1, 0.15) is 59.4 Å². The average molecular weight is 976 g/mol. The summed E-state index contributed by atoms with van der Waals surface area (Å²) in [5, 5.41) is 40.9. The van der Waals surface area contributed by atoms with Crippen LogP contribution in [-0.2, 0) is 57.1 Å². The number of allylic oxidation sites excluding steroid dienone is 3. The normalized spacial score (nSPS) is 37.8. The fourth-order valence-electron chi connectivity index (χ4n) is 9.17. The first-order valence-electron chi connectivity index (χ1n) is 23.9. The molecule has 1 unspecified atom stereocenters. The second-order valence-corrected chi connectivity index (χ2v) is 18.7. The minimum atomic E-state index is -1.26. The molecule has 6 N–H and O–H groups in total. The van der Waals surface area contributed by atoms with Gasteiger partial charge >= 0.3 is 5.97 Å². The lowest BCUT2D eigenvalue weighted by Gasteiger charge is -2.47. The molecule has 2 bridgehead atoms. The number of carbonyl (C=O) groups is 2. The van der Waals surface area contributed by atoms with Gasteiger partial charge in [0, 0.05) is 56.9 Å². The zero-order valence-electron chi connectivity index (χ0n) is 41.6. The van der Waals surface area contributed by atoms with E-state index in [4.69, 9.17) is 53.2 Å². The van der Waals surface area contributed by atoms with E-state index in [2.05, 4.69) is 15.5 Å². The molecular formula is C49H77N5O15. The van der Waals surface area contributed by atoms with Gasteiger partial charge in [0.15, 0.2) is 25.1 Å². The number of nitrogens with zero attached hydrogens (tertiary/aromatic N) is 3. The van der Waals surface area contributed by atoms with E-state index in [9.17, 15) is 24.9 Å². The minimum Gasteiger partial charge on any atom is -0.465 e. The Balaban J connectivity index is 1.42. The summed E-state index contributed by atoms with van der Waals surface area (Å²) >= 11 is 0. The maximum Gasteiger partial charge on any atom is 0.308 e. The monoisotopic (exact) mass is 976 g/mol. The molecule has 20 heteroatoms. The van der Waals surface area contributed by atoms with E-state index in [0.29, 0.717) is 30.9 Å². The molecular weight excluding hydrogens is 899 g/mol. The lowest BCUT2D eigenvalue weighted by atomic mass is 9.79. The molecule has 3 fully saturated rings. The van der Waals surface area contributed by atoms with Crippen LogP contribution < -0.4 is 11.1 Å². The Labute approximate surface area is 406 Å². The first-order chi connectivity index (χ1) is 33.0. The standard InChI is InChI=1S/C49H77N5O15/c1-28-14-15-37(55)29(2)21-35-16-19-62-25-36(53-66-27-51-17-10-12-34-13-11-18-52-47(34)50)26-63-38(30(3)44(35)69-48-43(59)40(54(6)7)41(57)31(4)67-48)22-39(56)64-23-33(20-28)24-65-49-46(61-9)45(60-8)42(58)32(5)68-49/h10-15,18,20,29-33,35,38,40-46,48-49,51,57-59H,16-17,19,21-27H2,1-9H3,(H2,50,52)/b12-10+,15-14+,28-20+,53-36+/t29-,30+,31-,32-,33+,35?,38-,40+,41-,42-,43-,44-,45-,46-,48+,49-/m1/s1. The molecule has 0 spiro atoms. The van der Waals surface area contributed by atoms with Gasteiger partial charge < -0.3 is 73.4 Å². The number of pyridine rings is 1. The van der Waals surface area contributed by atoms with Crippen LogP contribution in [0.2, 0.25) is 0 Å². The van der Waals surface area contributed by atoms with Crippen molar-refractivity contribution < 1.29 is 72.4 Å². The maximum absolute atomic E-state index is 14.1. The molecule has 0 amide bonds. The van der Waals surface area contributed by atoms with Crippen molar-refractivity contribution in [3.8, 4) is 0 Å². The number of aliphatic hydroxyl groups excluding tert-OH is 3. The number of anilines is 1. The number of nitrogen functional groups attached to an aromatic ring is 1. The summed E-state index contributed by atoms with van der Waals surface area (Å²) in [6.07, 6.45) is 1.38. The molecule has 0 aliphatic carbocycles. The second kappa shape index (κ2) is 27.8. The highest BCUT2D eigenvalue weighted by Gasteiger charge is 2.48. The van der Waals surface area contributed by atoms with E-state index in [1.807, 2.05) is 45.1 Å². The van der Waals surface area contributed by atoms with Crippen LogP contribution in [0.15, 0.2) is 53.4 Å². The lowest BCUT2D eigenvalue weighted by molar-refractivity contribution is -0.305. The molecule has 0 saturated carbocycles. The first-order valence-corrected chi connectivity index (χ1v) is 23.9. The summed E-state index contributed by atoms with van der Waals surface area (Å²) in [5.74, 6) is -2.19. The zero-order valence-corrected chi connectivity index (χ0v) is 41.6. The number of nitrogens with one attached hydrogen (secondary N) is 1. The van der Waals surface area contributed by atoms with Gasteiger partial charge in [0.05, 0.1) is 69.4 Å². The fourth-order valence-corrected chi connectivity index (χ4v) is 9.17. The van der Waals surface area contributed by atoms with Crippen molar-refractivity contribution in [3.05, 3.63) is 53.8 Å². The number of hydrogen-bond donors (Lipinski definition) is 5. The molecule has 1 aromatic rings. The molecule has 20 nitrogen and oxygen atoms in total. The van der Waals surface area contributed by atoms with Gasteiger partial charge in [-0.3, -0.25) is 14.9 Å². The van der Waals surface area contributed by atoms with E-state index >= 15 is 0 Å². The highest BCUT2D eigenvalue weighted by atomic mass is 16.7.